The fourth-order valence-electron chi connectivity index (χ4n) is 2.38. The van der Waals surface area contributed by atoms with Crippen molar-refractivity contribution < 1.29 is 17.6 Å². The summed E-state index contributed by atoms with van der Waals surface area (Å²) in [6.07, 6.45) is -0.239. The van der Waals surface area contributed by atoms with Crippen molar-refractivity contribution in [3.8, 4) is 6.07 Å². The Morgan fingerprint density at radius 1 is 1.15 bits per heavy atom. The SMILES string of the molecule is N#CC[C@@H](c1c(F)c(F)cc(F)c1F)N1CCNCC1. The molecule has 3 nitrogen and oxygen atoms in total. The predicted octanol–water partition coefficient (Wildman–Crippen LogP) is 2.10. The Balaban J connectivity index is 2.46. The fraction of sp³-hybridized carbons (Fsp3) is 0.462. The van der Waals surface area contributed by atoms with E-state index in [1.807, 2.05) is 6.07 Å². The van der Waals surface area contributed by atoms with Crippen LogP contribution in [0.15, 0.2) is 6.07 Å². The third-order valence-corrected chi connectivity index (χ3v) is 3.36. The minimum absolute atomic E-state index is 0.176. The maximum Gasteiger partial charge on any atom is 0.166 e. The lowest BCUT2D eigenvalue weighted by atomic mass is 10.00. The Morgan fingerprint density at radius 2 is 1.70 bits per heavy atom. The van der Waals surface area contributed by atoms with E-state index < -0.39 is 34.9 Å². The first kappa shape index (κ1) is 14.8. The van der Waals surface area contributed by atoms with Gasteiger partial charge in [0.25, 0.3) is 0 Å². The molecule has 1 N–H and O–H groups in total. The molecule has 2 rings (SSSR count). The summed E-state index contributed by atoms with van der Waals surface area (Å²) in [7, 11) is 0. The highest BCUT2D eigenvalue weighted by Crippen LogP contribution is 2.31. The van der Waals surface area contributed by atoms with Gasteiger partial charge in [0.1, 0.15) is 0 Å². The third-order valence-electron chi connectivity index (χ3n) is 3.36. The van der Waals surface area contributed by atoms with Crippen molar-refractivity contribution >= 4 is 0 Å². The smallest absolute Gasteiger partial charge is 0.166 e. The zero-order valence-corrected chi connectivity index (χ0v) is 10.6. The highest BCUT2D eigenvalue weighted by atomic mass is 19.2. The van der Waals surface area contributed by atoms with Crippen LogP contribution in [0.4, 0.5) is 17.6 Å². The Labute approximate surface area is 113 Å². The van der Waals surface area contributed by atoms with Gasteiger partial charge < -0.3 is 5.32 Å². The molecule has 0 amide bonds. The van der Waals surface area contributed by atoms with E-state index in [1.54, 1.807) is 4.90 Å². The molecule has 0 aromatic heterocycles. The summed E-state index contributed by atoms with van der Waals surface area (Å²) in [6, 6.07) is 0.999. The number of nitrogens with zero attached hydrogens (tertiary/aromatic N) is 2. The van der Waals surface area contributed by atoms with Crippen LogP contribution in [0.5, 0.6) is 0 Å². The summed E-state index contributed by atoms with van der Waals surface area (Å²) >= 11 is 0. The summed E-state index contributed by atoms with van der Waals surface area (Å²) in [5.41, 5.74) is -0.703. The molecule has 0 unspecified atom stereocenters. The molecule has 0 saturated carbocycles. The molecule has 7 heteroatoms. The van der Waals surface area contributed by atoms with Crippen molar-refractivity contribution in [2.24, 2.45) is 0 Å². The first-order valence-electron chi connectivity index (χ1n) is 6.21. The molecule has 1 saturated heterocycles. The van der Waals surface area contributed by atoms with Crippen molar-refractivity contribution in [2.45, 2.75) is 12.5 Å². The van der Waals surface area contributed by atoms with E-state index in [2.05, 4.69) is 5.32 Å². The predicted molar refractivity (Wildman–Crippen MR) is 63.7 cm³/mol. The van der Waals surface area contributed by atoms with Crippen LogP contribution in [0.25, 0.3) is 0 Å². The quantitative estimate of drug-likeness (QED) is 0.683. The molecular weight excluding hydrogens is 274 g/mol. The second-order valence-corrected chi connectivity index (χ2v) is 4.55. The maximum atomic E-state index is 13.8. The Hall–Kier alpha value is -1.65. The van der Waals surface area contributed by atoms with Gasteiger partial charge >= 0.3 is 0 Å². The van der Waals surface area contributed by atoms with Gasteiger partial charge in [-0.05, 0) is 0 Å². The lowest BCUT2D eigenvalue weighted by Gasteiger charge is -2.34. The molecule has 1 aromatic carbocycles. The number of halogens is 4. The number of piperazine rings is 1. The second kappa shape index (κ2) is 6.20. The normalized spacial score (nSPS) is 17.8. The minimum Gasteiger partial charge on any atom is -0.314 e. The number of rotatable bonds is 3. The van der Waals surface area contributed by atoms with Crippen LogP contribution in [0.1, 0.15) is 18.0 Å². The maximum absolute atomic E-state index is 13.8. The van der Waals surface area contributed by atoms with Crippen molar-refractivity contribution in [1.29, 1.82) is 5.26 Å². The summed E-state index contributed by atoms with van der Waals surface area (Å²) < 4.78 is 54.3. The Morgan fingerprint density at radius 3 is 2.20 bits per heavy atom. The molecule has 1 aliphatic heterocycles. The number of nitrogens with one attached hydrogen (secondary N) is 1. The second-order valence-electron chi connectivity index (χ2n) is 4.55. The summed E-state index contributed by atoms with van der Waals surface area (Å²) in [5.74, 6) is -5.75. The van der Waals surface area contributed by atoms with Crippen LogP contribution in [0, 0.1) is 34.6 Å². The van der Waals surface area contributed by atoms with Crippen LogP contribution in [-0.2, 0) is 0 Å². The van der Waals surface area contributed by atoms with Gasteiger partial charge in [0.05, 0.1) is 18.5 Å². The molecule has 0 spiro atoms. The molecule has 1 fully saturated rings. The average molecular weight is 287 g/mol. The standard InChI is InChI=1S/C13H13F4N3/c14-8-7-9(15)13(17)11(12(8)16)10(1-2-18)20-5-3-19-4-6-20/h7,10,19H,1,3-6H2/t10-/m0/s1. The molecule has 0 aliphatic carbocycles. The van der Waals surface area contributed by atoms with E-state index in [-0.39, 0.29) is 12.5 Å². The molecule has 20 heavy (non-hydrogen) atoms. The van der Waals surface area contributed by atoms with Crippen LogP contribution in [0.2, 0.25) is 0 Å². The lowest BCUT2D eigenvalue weighted by molar-refractivity contribution is 0.167. The number of nitriles is 1. The Bertz CT molecular complexity index is 509. The van der Waals surface area contributed by atoms with Gasteiger partial charge in [-0.25, -0.2) is 17.6 Å². The van der Waals surface area contributed by atoms with Crippen molar-refractivity contribution in [2.75, 3.05) is 26.2 Å². The minimum atomic E-state index is -1.45. The van der Waals surface area contributed by atoms with Gasteiger partial charge in [0.2, 0.25) is 0 Å². The molecular formula is C13H13F4N3. The van der Waals surface area contributed by atoms with Gasteiger partial charge in [0, 0.05) is 37.8 Å². The topological polar surface area (TPSA) is 39.1 Å². The van der Waals surface area contributed by atoms with Gasteiger partial charge in [-0.2, -0.15) is 5.26 Å². The highest BCUT2D eigenvalue weighted by Gasteiger charge is 2.30. The monoisotopic (exact) mass is 287 g/mol. The average Bonchev–Trinajstić information content (AvgIpc) is 2.45. The van der Waals surface area contributed by atoms with Gasteiger partial charge in [-0.3, -0.25) is 4.90 Å². The molecule has 0 bridgehead atoms. The van der Waals surface area contributed by atoms with E-state index in [1.165, 1.54) is 0 Å². The number of benzene rings is 1. The molecule has 1 atom stereocenters. The van der Waals surface area contributed by atoms with Crippen molar-refractivity contribution in [3.05, 3.63) is 34.9 Å². The van der Waals surface area contributed by atoms with Crippen LogP contribution in [-0.4, -0.2) is 31.1 Å². The molecule has 1 aliphatic rings. The first-order valence-corrected chi connectivity index (χ1v) is 6.21. The van der Waals surface area contributed by atoms with Crippen LogP contribution < -0.4 is 5.32 Å². The van der Waals surface area contributed by atoms with E-state index in [4.69, 9.17) is 5.26 Å². The number of hydrogen-bond acceptors (Lipinski definition) is 3. The summed E-state index contributed by atoms with van der Waals surface area (Å²) in [5, 5.41) is 11.9. The third kappa shape index (κ3) is 2.76. The summed E-state index contributed by atoms with van der Waals surface area (Å²) in [4.78, 5) is 1.65. The van der Waals surface area contributed by atoms with E-state index in [0.717, 1.165) is 0 Å². The van der Waals surface area contributed by atoms with Gasteiger partial charge in [-0.1, -0.05) is 0 Å². The van der Waals surface area contributed by atoms with E-state index in [9.17, 15) is 17.6 Å². The van der Waals surface area contributed by atoms with E-state index >= 15 is 0 Å². The first-order chi connectivity index (χ1) is 9.56. The number of hydrogen-bond donors (Lipinski definition) is 1. The zero-order valence-electron chi connectivity index (χ0n) is 10.6. The molecule has 108 valence electrons. The molecule has 1 heterocycles. The van der Waals surface area contributed by atoms with Crippen molar-refractivity contribution in [1.82, 2.24) is 10.2 Å². The zero-order chi connectivity index (χ0) is 14.7. The van der Waals surface area contributed by atoms with Gasteiger partial charge in [-0.15, -0.1) is 0 Å². The van der Waals surface area contributed by atoms with Crippen LogP contribution in [0.3, 0.4) is 0 Å². The lowest BCUT2D eigenvalue weighted by Crippen LogP contribution is -2.45. The molecule has 1 aromatic rings. The van der Waals surface area contributed by atoms with E-state index in [0.29, 0.717) is 26.2 Å². The van der Waals surface area contributed by atoms with Gasteiger partial charge in [0.15, 0.2) is 23.3 Å². The fourth-order valence-corrected chi connectivity index (χ4v) is 2.38. The van der Waals surface area contributed by atoms with Crippen molar-refractivity contribution in [3.63, 3.8) is 0 Å². The Kier molecular flexibility index (Phi) is 4.57. The van der Waals surface area contributed by atoms with Crippen LogP contribution >= 0.6 is 0 Å². The highest BCUT2D eigenvalue weighted by molar-refractivity contribution is 5.27. The largest absolute Gasteiger partial charge is 0.314 e. The summed E-state index contributed by atoms with van der Waals surface area (Å²) in [6.45, 7) is 2.07. The molecule has 0 radical (unpaired) electrons.